The molecule has 0 saturated heterocycles. The third-order valence-electron chi connectivity index (χ3n) is 6.67. The minimum Gasteiger partial charge on any atom is -0.478 e. The van der Waals surface area contributed by atoms with E-state index in [1.165, 1.54) is 0 Å². The Bertz CT molecular complexity index is 1500. The van der Waals surface area contributed by atoms with Gasteiger partial charge in [0.2, 0.25) is 5.95 Å². The third-order valence-corrected chi connectivity index (χ3v) is 7.71. The van der Waals surface area contributed by atoms with Gasteiger partial charge in [-0.2, -0.15) is 4.39 Å². The fourth-order valence-corrected chi connectivity index (χ4v) is 5.43. The number of hydrogen-bond donors (Lipinski definition) is 2. The van der Waals surface area contributed by atoms with Crippen molar-refractivity contribution in [1.29, 1.82) is 0 Å². The predicted molar refractivity (Wildman–Crippen MR) is 146 cm³/mol. The van der Waals surface area contributed by atoms with Gasteiger partial charge in [0.05, 0.1) is 10.9 Å². The van der Waals surface area contributed by atoms with E-state index in [9.17, 15) is 9.18 Å². The van der Waals surface area contributed by atoms with Gasteiger partial charge in [-0.15, -0.1) is 16.9 Å². The molecule has 0 spiro atoms. The molecule has 5 rings (SSSR count). The van der Waals surface area contributed by atoms with Gasteiger partial charge in [0, 0.05) is 16.0 Å². The first-order valence-electron chi connectivity index (χ1n) is 11.7. The first kappa shape index (κ1) is 24.3. The van der Waals surface area contributed by atoms with Gasteiger partial charge in [-0.05, 0) is 88.8 Å². The van der Waals surface area contributed by atoms with Gasteiger partial charge >= 0.3 is 5.97 Å². The molecule has 1 aromatic heterocycles. The highest BCUT2D eigenvalue weighted by Crippen LogP contribution is 2.47. The minimum absolute atomic E-state index is 0.328. The van der Waals surface area contributed by atoms with E-state index in [0.29, 0.717) is 21.8 Å². The highest BCUT2D eigenvalue weighted by Gasteiger charge is 2.29. The lowest BCUT2D eigenvalue weighted by Crippen LogP contribution is -2.15. The molecule has 0 bridgehead atoms. The molecule has 0 atom stereocenters. The van der Waals surface area contributed by atoms with Gasteiger partial charge in [0.1, 0.15) is 0 Å². The highest BCUT2D eigenvalue weighted by atomic mass is 35.5. The molecule has 2 N–H and O–H groups in total. The predicted octanol–water partition coefficient (Wildman–Crippen LogP) is 7.93. The van der Waals surface area contributed by atoms with Gasteiger partial charge < -0.3 is 5.11 Å². The second kappa shape index (κ2) is 10.3. The maximum Gasteiger partial charge on any atom is 0.328 e. The molecule has 1 heterocycles. The highest BCUT2D eigenvalue weighted by molar-refractivity contribution is 7.98. The number of thioether (sulfide) groups is 1. The number of fused-ring (bicyclic) bond motifs is 1. The number of carboxylic acid groups (broad SMARTS) is 1. The monoisotopic (exact) mass is 518 g/mol. The summed E-state index contributed by atoms with van der Waals surface area (Å²) in [5.74, 6) is -1.20. The van der Waals surface area contributed by atoms with Crippen LogP contribution in [0.4, 0.5) is 4.39 Å². The van der Waals surface area contributed by atoms with Crippen LogP contribution in [-0.4, -0.2) is 27.5 Å². The average Bonchev–Trinajstić information content (AvgIpc) is 3.22. The van der Waals surface area contributed by atoms with Crippen molar-refractivity contribution >= 4 is 57.5 Å². The largest absolute Gasteiger partial charge is 0.478 e. The minimum atomic E-state index is -0.995. The first-order chi connectivity index (χ1) is 17.4. The molecular formula is C29H24ClFN2O2S. The molecule has 0 aliphatic heterocycles. The lowest BCUT2D eigenvalue weighted by Gasteiger charge is -2.32. The van der Waals surface area contributed by atoms with Gasteiger partial charge in [-0.25, -0.2) is 4.79 Å². The fraction of sp³-hybridized carbons (Fsp3) is 0.172. The third kappa shape index (κ3) is 4.84. The fourth-order valence-electron chi connectivity index (χ4n) is 4.64. The number of nitrogens with one attached hydrogen (secondary N) is 1. The first-order valence-corrected chi connectivity index (χ1v) is 13.3. The van der Waals surface area contributed by atoms with Crippen molar-refractivity contribution in [3.8, 4) is 0 Å². The normalized spacial score (nSPS) is 14.8. The van der Waals surface area contributed by atoms with E-state index in [4.69, 9.17) is 16.7 Å². The Labute approximate surface area is 217 Å². The molecule has 1 aliphatic rings. The van der Waals surface area contributed by atoms with E-state index in [1.807, 2.05) is 54.8 Å². The zero-order valence-electron chi connectivity index (χ0n) is 19.6. The summed E-state index contributed by atoms with van der Waals surface area (Å²) in [6, 6.07) is 19.6. The Kier molecular flexibility index (Phi) is 6.99. The van der Waals surface area contributed by atoms with Crippen molar-refractivity contribution in [2.75, 3.05) is 6.26 Å². The maximum atomic E-state index is 14.5. The van der Waals surface area contributed by atoms with Crippen LogP contribution in [0, 0.1) is 11.9 Å². The molecule has 182 valence electrons. The number of carbonyl (C=O) groups is 1. The second-order valence-corrected chi connectivity index (χ2v) is 10.1. The summed E-state index contributed by atoms with van der Waals surface area (Å²) in [4.78, 5) is 12.0. The number of carboxylic acids is 1. The second-order valence-electron chi connectivity index (χ2n) is 8.83. The SMILES string of the molecule is CSc1ccc(/C(=C(\c2ccc(/C=C/C(=O)O)cc2)c2ccc3[nH]nc(F)c3c2)C2CCC2)c(Cl)c1. The van der Waals surface area contributed by atoms with Crippen LogP contribution in [0.2, 0.25) is 5.02 Å². The average molecular weight is 519 g/mol. The van der Waals surface area contributed by atoms with Gasteiger partial charge in [0.15, 0.2) is 0 Å². The van der Waals surface area contributed by atoms with E-state index in [1.54, 1.807) is 17.8 Å². The Morgan fingerprint density at radius 1 is 1.11 bits per heavy atom. The summed E-state index contributed by atoms with van der Waals surface area (Å²) >= 11 is 8.50. The summed E-state index contributed by atoms with van der Waals surface area (Å²) in [7, 11) is 0. The molecule has 4 aromatic rings. The van der Waals surface area contributed by atoms with Crippen molar-refractivity contribution < 1.29 is 14.3 Å². The van der Waals surface area contributed by atoms with Crippen LogP contribution in [-0.2, 0) is 4.79 Å². The van der Waals surface area contributed by atoms with Gasteiger partial charge in [0.25, 0.3) is 0 Å². The van der Waals surface area contributed by atoms with Crippen LogP contribution in [0.15, 0.2) is 71.6 Å². The Balaban J connectivity index is 1.76. The zero-order valence-corrected chi connectivity index (χ0v) is 21.2. The van der Waals surface area contributed by atoms with Crippen molar-refractivity contribution in [3.05, 3.63) is 100.0 Å². The molecule has 1 saturated carbocycles. The van der Waals surface area contributed by atoms with Crippen LogP contribution in [0.1, 0.15) is 41.5 Å². The van der Waals surface area contributed by atoms with Crippen molar-refractivity contribution in [2.45, 2.75) is 24.2 Å². The molecule has 36 heavy (non-hydrogen) atoms. The number of halogens is 2. The van der Waals surface area contributed by atoms with Crippen molar-refractivity contribution in [3.63, 3.8) is 0 Å². The van der Waals surface area contributed by atoms with E-state index in [2.05, 4.69) is 22.3 Å². The number of allylic oxidation sites excluding steroid dienone is 1. The number of rotatable bonds is 7. The summed E-state index contributed by atoms with van der Waals surface area (Å²) in [5, 5.41) is 16.6. The number of hydrogen-bond acceptors (Lipinski definition) is 3. The number of benzene rings is 3. The molecule has 1 fully saturated rings. The number of nitrogens with zero attached hydrogens (tertiary/aromatic N) is 1. The molecular weight excluding hydrogens is 495 g/mol. The topological polar surface area (TPSA) is 66.0 Å². The molecule has 7 heteroatoms. The lowest BCUT2D eigenvalue weighted by molar-refractivity contribution is -0.131. The van der Waals surface area contributed by atoms with E-state index in [0.717, 1.165) is 63.6 Å². The van der Waals surface area contributed by atoms with Crippen LogP contribution < -0.4 is 0 Å². The quantitative estimate of drug-likeness (QED) is 0.148. The zero-order chi connectivity index (χ0) is 25.2. The summed E-state index contributed by atoms with van der Waals surface area (Å²) < 4.78 is 14.5. The number of aromatic nitrogens is 2. The summed E-state index contributed by atoms with van der Waals surface area (Å²) in [5.41, 5.74) is 6.38. The molecule has 4 nitrogen and oxygen atoms in total. The molecule has 3 aromatic carbocycles. The molecule has 1 aliphatic carbocycles. The van der Waals surface area contributed by atoms with Gasteiger partial charge in [-0.3, -0.25) is 5.10 Å². The molecule has 0 radical (unpaired) electrons. The molecule has 0 amide bonds. The van der Waals surface area contributed by atoms with Crippen molar-refractivity contribution in [2.24, 2.45) is 5.92 Å². The van der Waals surface area contributed by atoms with E-state index >= 15 is 0 Å². The standard InChI is InChI=1S/C29H24ClFN2O2S/c1-36-21-11-12-22(24(30)16-21)28(18-3-2-4-18)27(19-8-5-17(6-9-19)7-14-26(34)35)20-10-13-25-23(15-20)29(31)33-32-25/h5-16,18H,2-4H2,1H3,(H,32,33)(H,34,35)/b14-7+,28-27+. The maximum absolute atomic E-state index is 14.5. The number of aromatic amines is 1. The Hall–Kier alpha value is -3.35. The number of H-pyrrole nitrogens is 1. The Morgan fingerprint density at radius 3 is 2.50 bits per heavy atom. The lowest BCUT2D eigenvalue weighted by atomic mass is 9.73. The van der Waals surface area contributed by atoms with Crippen LogP contribution in [0.25, 0.3) is 28.1 Å². The van der Waals surface area contributed by atoms with Crippen molar-refractivity contribution in [1.82, 2.24) is 10.2 Å². The van der Waals surface area contributed by atoms with Crippen LogP contribution in [0.3, 0.4) is 0 Å². The smallest absolute Gasteiger partial charge is 0.328 e. The van der Waals surface area contributed by atoms with Crippen LogP contribution in [0.5, 0.6) is 0 Å². The summed E-state index contributed by atoms with van der Waals surface area (Å²) in [6.07, 6.45) is 7.97. The van der Waals surface area contributed by atoms with Crippen LogP contribution >= 0.6 is 23.4 Å². The van der Waals surface area contributed by atoms with E-state index in [-0.39, 0.29) is 0 Å². The van der Waals surface area contributed by atoms with E-state index < -0.39 is 11.9 Å². The number of aliphatic carboxylic acids is 1. The molecule has 0 unspecified atom stereocenters. The van der Waals surface area contributed by atoms with Gasteiger partial charge in [-0.1, -0.05) is 54.4 Å². The Morgan fingerprint density at radius 2 is 1.86 bits per heavy atom. The summed E-state index contributed by atoms with van der Waals surface area (Å²) in [6.45, 7) is 0.